The van der Waals surface area contributed by atoms with Crippen molar-refractivity contribution in [1.29, 1.82) is 0 Å². The summed E-state index contributed by atoms with van der Waals surface area (Å²) in [5.74, 6) is 0.129. The molecule has 0 bridgehead atoms. The van der Waals surface area contributed by atoms with Crippen LogP contribution >= 0.6 is 11.6 Å². The van der Waals surface area contributed by atoms with E-state index in [1.165, 1.54) is 36.5 Å². The molecule has 1 N–H and O–H groups in total. The molecule has 3 rings (SSSR count). The molecule has 0 aliphatic heterocycles. The van der Waals surface area contributed by atoms with Crippen LogP contribution < -0.4 is 4.72 Å². The van der Waals surface area contributed by atoms with Gasteiger partial charge in [-0.3, -0.25) is 0 Å². The average molecular weight is 433 g/mol. The molecule has 29 heavy (non-hydrogen) atoms. The lowest BCUT2D eigenvalue weighted by Gasteiger charge is -2.06. The Kier molecular flexibility index (Phi) is 6.48. The van der Waals surface area contributed by atoms with Gasteiger partial charge in [0.1, 0.15) is 0 Å². The second-order valence-electron chi connectivity index (χ2n) is 5.87. The van der Waals surface area contributed by atoms with Crippen molar-refractivity contribution >= 4 is 27.6 Å². The van der Waals surface area contributed by atoms with Crippen LogP contribution in [0.15, 0.2) is 76.7 Å². The number of carbonyl (C=O) groups excluding carboxylic acids is 1. The van der Waals surface area contributed by atoms with Gasteiger partial charge in [0.2, 0.25) is 15.9 Å². The molecule has 0 spiro atoms. The number of halogens is 1. The SMILES string of the molecule is C=CCNS(=O)(=O)c1ccc(C(=O)OCc2ncc(-c3ccc(Cl)cc3)o2)cc1. The number of hydrogen-bond acceptors (Lipinski definition) is 6. The normalized spacial score (nSPS) is 11.2. The van der Waals surface area contributed by atoms with Gasteiger partial charge in [-0.1, -0.05) is 17.7 Å². The van der Waals surface area contributed by atoms with Crippen molar-refractivity contribution in [3.63, 3.8) is 0 Å². The summed E-state index contributed by atoms with van der Waals surface area (Å²) < 4.78 is 37.1. The number of rotatable bonds is 8. The highest BCUT2D eigenvalue weighted by Crippen LogP contribution is 2.22. The van der Waals surface area contributed by atoms with E-state index in [4.69, 9.17) is 20.8 Å². The standard InChI is InChI=1S/C20H17ClN2O5S/c1-2-11-23-29(25,26)17-9-5-15(6-10-17)20(24)27-13-19-22-12-18(28-19)14-3-7-16(21)8-4-14/h2-10,12,23H,1,11,13H2. The summed E-state index contributed by atoms with van der Waals surface area (Å²) in [6, 6.07) is 12.4. The first-order valence-electron chi connectivity index (χ1n) is 8.47. The number of carbonyl (C=O) groups is 1. The molecule has 7 nitrogen and oxygen atoms in total. The first-order chi connectivity index (χ1) is 13.9. The predicted octanol–water partition coefficient (Wildman–Crippen LogP) is 3.82. The molecule has 0 aliphatic rings. The van der Waals surface area contributed by atoms with Crippen LogP contribution in [0.1, 0.15) is 16.2 Å². The van der Waals surface area contributed by atoms with Gasteiger partial charge in [-0.15, -0.1) is 6.58 Å². The van der Waals surface area contributed by atoms with E-state index in [1.807, 2.05) is 0 Å². The van der Waals surface area contributed by atoms with Crippen molar-refractivity contribution < 1.29 is 22.4 Å². The molecule has 9 heteroatoms. The predicted molar refractivity (Wildman–Crippen MR) is 108 cm³/mol. The minimum absolute atomic E-state index is 0.0382. The fourth-order valence-corrected chi connectivity index (χ4v) is 3.48. The molecular weight excluding hydrogens is 416 g/mol. The van der Waals surface area contributed by atoms with Gasteiger partial charge in [-0.2, -0.15) is 0 Å². The van der Waals surface area contributed by atoms with Crippen molar-refractivity contribution in [1.82, 2.24) is 9.71 Å². The Bertz CT molecular complexity index is 1110. The smallest absolute Gasteiger partial charge is 0.338 e. The summed E-state index contributed by atoms with van der Waals surface area (Å²) in [5, 5.41) is 0.609. The molecule has 0 aliphatic carbocycles. The molecule has 150 valence electrons. The van der Waals surface area contributed by atoms with Gasteiger partial charge >= 0.3 is 5.97 Å². The first-order valence-corrected chi connectivity index (χ1v) is 10.3. The van der Waals surface area contributed by atoms with Crippen molar-refractivity contribution in [2.45, 2.75) is 11.5 Å². The largest absolute Gasteiger partial charge is 0.452 e. The summed E-state index contributed by atoms with van der Waals surface area (Å²) in [7, 11) is -3.65. The minimum Gasteiger partial charge on any atom is -0.452 e. The van der Waals surface area contributed by atoms with Crippen LogP contribution in [0.4, 0.5) is 0 Å². The minimum atomic E-state index is -3.65. The Balaban J connectivity index is 1.61. The summed E-state index contributed by atoms with van der Waals surface area (Å²) >= 11 is 5.86. The molecule has 0 saturated heterocycles. The Labute approximate surface area is 173 Å². The molecule has 0 radical (unpaired) electrons. The third-order valence-electron chi connectivity index (χ3n) is 3.83. The lowest BCUT2D eigenvalue weighted by Crippen LogP contribution is -2.23. The fourth-order valence-electron chi connectivity index (χ4n) is 2.36. The molecule has 1 aromatic heterocycles. The van der Waals surface area contributed by atoms with E-state index in [9.17, 15) is 13.2 Å². The van der Waals surface area contributed by atoms with Gasteiger partial charge < -0.3 is 9.15 Å². The molecule has 0 fully saturated rings. The molecule has 0 saturated carbocycles. The summed E-state index contributed by atoms with van der Waals surface area (Å²) in [6.07, 6.45) is 2.96. The van der Waals surface area contributed by atoms with Crippen LogP contribution in [0, 0.1) is 0 Å². The number of esters is 1. The monoisotopic (exact) mass is 432 g/mol. The second-order valence-corrected chi connectivity index (χ2v) is 8.07. The molecule has 0 unspecified atom stereocenters. The van der Waals surface area contributed by atoms with E-state index in [1.54, 1.807) is 24.3 Å². The maximum Gasteiger partial charge on any atom is 0.338 e. The maximum atomic E-state index is 12.2. The zero-order valence-corrected chi connectivity index (χ0v) is 16.7. The highest BCUT2D eigenvalue weighted by Gasteiger charge is 2.15. The Hall–Kier alpha value is -2.94. The van der Waals surface area contributed by atoms with Gasteiger partial charge in [0.15, 0.2) is 12.4 Å². The maximum absolute atomic E-state index is 12.2. The molecule has 3 aromatic rings. The van der Waals surface area contributed by atoms with Gasteiger partial charge in [-0.05, 0) is 48.5 Å². The van der Waals surface area contributed by atoms with E-state index in [-0.39, 0.29) is 29.5 Å². The number of oxazole rings is 1. The van der Waals surface area contributed by atoms with Crippen LogP contribution in [-0.2, 0) is 21.4 Å². The van der Waals surface area contributed by atoms with E-state index >= 15 is 0 Å². The summed E-state index contributed by atoms with van der Waals surface area (Å²) in [6.45, 7) is 3.41. The van der Waals surface area contributed by atoms with Crippen LogP contribution in [0.2, 0.25) is 5.02 Å². The third kappa shape index (κ3) is 5.32. The number of hydrogen-bond donors (Lipinski definition) is 1. The highest BCUT2D eigenvalue weighted by atomic mass is 35.5. The lowest BCUT2D eigenvalue weighted by atomic mass is 10.2. The fraction of sp³-hybridized carbons (Fsp3) is 0.100. The number of nitrogens with zero attached hydrogens (tertiary/aromatic N) is 1. The lowest BCUT2D eigenvalue weighted by molar-refractivity contribution is 0.0439. The topological polar surface area (TPSA) is 98.5 Å². The molecule has 2 aromatic carbocycles. The third-order valence-corrected chi connectivity index (χ3v) is 5.52. The van der Waals surface area contributed by atoms with Gasteiger partial charge in [0.25, 0.3) is 0 Å². The number of aromatic nitrogens is 1. The van der Waals surface area contributed by atoms with Crippen molar-refractivity contribution in [3.8, 4) is 11.3 Å². The van der Waals surface area contributed by atoms with E-state index in [0.29, 0.717) is 10.8 Å². The summed E-state index contributed by atoms with van der Waals surface area (Å²) in [4.78, 5) is 16.3. The van der Waals surface area contributed by atoms with Crippen LogP contribution in [0.25, 0.3) is 11.3 Å². The number of benzene rings is 2. The molecule has 0 amide bonds. The van der Waals surface area contributed by atoms with Crippen LogP contribution in [0.5, 0.6) is 0 Å². The Morgan fingerprint density at radius 2 is 1.86 bits per heavy atom. The van der Waals surface area contributed by atoms with Gasteiger partial charge in [-0.25, -0.2) is 22.9 Å². The summed E-state index contributed by atoms with van der Waals surface area (Å²) in [5.41, 5.74) is 0.999. The van der Waals surface area contributed by atoms with Crippen molar-refractivity contribution in [3.05, 3.63) is 83.9 Å². The van der Waals surface area contributed by atoms with Crippen LogP contribution in [0.3, 0.4) is 0 Å². The number of nitrogens with one attached hydrogen (secondary N) is 1. The number of ether oxygens (including phenoxy) is 1. The molecular formula is C20H17ClN2O5S. The van der Waals surface area contributed by atoms with Crippen molar-refractivity contribution in [2.24, 2.45) is 0 Å². The average Bonchev–Trinajstić information content (AvgIpc) is 3.20. The Morgan fingerprint density at radius 3 is 2.52 bits per heavy atom. The zero-order chi connectivity index (χ0) is 20.9. The van der Waals surface area contributed by atoms with E-state index < -0.39 is 16.0 Å². The first kappa shape index (κ1) is 20.8. The van der Waals surface area contributed by atoms with Gasteiger partial charge in [0, 0.05) is 17.1 Å². The van der Waals surface area contributed by atoms with Crippen LogP contribution in [-0.4, -0.2) is 25.9 Å². The van der Waals surface area contributed by atoms with E-state index in [0.717, 1.165) is 5.56 Å². The van der Waals surface area contributed by atoms with E-state index in [2.05, 4.69) is 16.3 Å². The quantitative estimate of drug-likeness (QED) is 0.429. The highest BCUT2D eigenvalue weighted by molar-refractivity contribution is 7.89. The molecule has 1 heterocycles. The second kappa shape index (κ2) is 9.04. The Morgan fingerprint density at radius 1 is 1.17 bits per heavy atom. The van der Waals surface area contributed by atoms with Crippen molar-refractivity contribution in [2.75, 3.05) is 6.54 Å². The molecule has 0 atom stereocenters. The number of sulfonamides is 1. The van der Waals surface area contributed by atoms with Gasteiger partial charge in [0.05, 0.1) is 16.7 Å². The zero-order valence-electron chi connectivity index (χ0n) is 15.2.